The summed E-state index contributed by atoms with van der Waals surface area (Å²) < 4.78 is 11.9. The van der Waals surface area contributed by atoms with Crippen molar-refractivity contribution in [3.63, 3.8) is 0 Å². The van der Waals surface area contributed by atoms with Gasteiger partial charge in [0, 0.05) is 5.71 Å². The summed E-state index contributed by atoms with van der Waals surface area (Å²) in [5.41, 5.74) is 1.86. The summed E-state index contributed by atoms with van der Waals surface area (Å²) >= 11 is 3.52. The molecule has 0 saturated carbocycles. The molecule has 2 rings (SSSR count). The maximum Gasteiger partial charge on any atom is 0.145 e. The number of rotatable bonds is 4. The van der Waals surface area contributed by atoms with E-state index in [2.05, 4.69) is 27.9 Å². The summed E-state index contributed by atoms with van der Waals surface area (Å²) in [6.45, 7) is 3.12. The first-order valence-corrected chi connectivity index (χ1v) is 7.53. The number of methoxy groups -OCH3 is 2. The average molecular weight is 341 g/mol. The van der Waals surface area contributed by atoms with E-state index in [-0.39, 0.29) is 6.17 Å². The van der Waals surface area contributed by atoms with E-state index in [0.29, 0.717) is 0 Å². The fourth-order valence-corrected chi connectivity index (χ4v) is 3.09. The van der Waals surface area contributed by atoms with Gasteiger partial charge in [0.25, 0.3) is 0 Å². The lowest BCUT2D eigenvalue weighted by atomic mass is 10.1. The normalized spacial score (nSPS) is 20.2. The first-order valence-electron chi connectivity index (χ1n) is 6.74. The van der Waals surface area contributed by atoms with Crippen molar-refractivity contribution in [2.45, 2.75) is 25.9 Å². The number of hydrogen-bond donors (Lipinski definition) is 0. The molecule has 110 valence electrons. The molecular formula is C15H21BrN2O2. The Labute approximate surface area is 128 Å². The van der Waals surface area contributed by atoms with E-state index >= 15 is 0 Å². The van der Waals surface area contributed by atoms with E-state index < -0.39 is 0 Å². The minimum absolute atomic E-state index is 0.253. The second-order valence-corrected chi connectivity index (χ2v) is 5.83. The zero-order chi connectivity index (χ0) is 14.7. The Balaban J connectivity index is 2.44. The van der Waals surface area contributed by atoms with Crippen LogP contribution in [0, 0.1) is 0 Å². The standard InChI is InChI=1S/C15H21BrN2O2/c1-10(17-13-6-5-9-18(13)2)14-12(19-3)8-7-11(16)15(14)20-4/h7-8,13H,5-6,9H2,1-4H3. The minimum atomic E-state index is 0.253. The highest BCUT2D eigenvalue weighted by Gasteiger charge is 2.22. The van der Waals surface area contributed by atoms with Gasteiger partial charge in [-0.3, -0.25) is 9.89 Å². The van der Waals surface area contributed by atoms with Crippen LogP contribution in [0.5, 0.6) is 11.5 Å². The third kappa shape index (κ3) is 2.99. The summed E-state index contributed by atoms with van der Waals surface area (Å²) in [7, 11) is 5.45. The van der Waals surface area contributed by atoms with Gasteiger partial charge in [0.15, 0.2) is 0 Å². The Morgan fingerprint density at radius 1 is 1.35 bits per heavy atom. The highest BCUT2D eigenvalue weighted by molar-refractivity contribution is 9.10. The van der Waals surface area contributed by atoms with Crippen molar-refractivity contribution < 1.29 is 9.47 Å². The SMILES string of the molecule is COc1ccc(Br)c(OC)c1C(C)=NC1CCCN1C. The Hall–Kier alpha value is -1.07. The summed E-state index contributed by atoms with van der Waals surface area (Å²) in [6, 6.07) is 3.86. The second kappa shape index (κ2) is 6.59. The highest BCUT2D eigenvalue weighted by Crippen LogP contribution is 2.36. The molecule has 0 spiro atoms. The van der Waals surface area contributed by atoms with Crippen molar-refractivity contribution in [1.82, 2.24) is 4.90 Å². The van der Waals surface area contributed by atoms with Gasteiger partial charge in [-0.15, -0.1) is 0 Å². The molecule has 0 aromatic heterocycles. The van der Waals surface area contributed by atoms with E-state index in [4.69, 9.17) is 14.5 Å². The van der Waals surface area contributed by atoms with Crippen LogP contribution in [0.4, 0.5) is 0 Å². The number of ether oxygens (including phenoxy) is 2. The van der Waals surface area contributed by atoms with Gasteiger partial charge in [0.1, 0.15) is 17.7 Å². The van der Waals surface area contributed by atoms with Gasteiger partial charge < -0.3 is 9.47 Å². The van der Waals surface area contributed by atoms with Crippen LogP contribution >= 0.6 is 15.9 Å². The zero-order valence-electron chi connectivity index (χ0n) is 12.4. The summed E-state index contributed by atoms with van der Waals surface area (Å²) in [6.07, 6.45) is 2.56. The van der Waals surface area contributed by atoms with E-state index in [0.717, 1.165) is 40.2 Å². The quantitative estimate of drug-likeness (QED) is 0.788. The largest absolute Gasteiger partial charge is 0.496 e. The molecule has 1 aromatic carbocycles. The lowest BCUT2D eigenvalue weighted by Gasteiger charge is -2.18. The molecule has 1 saturated heterocycles. The highest BCUT2D eigenvalue weighted by atomic mass is 79.9. The van der Waals surface area contributed by atoms with Crippen LogP contribution in [0.2, 0.25) is 0 Å². The Kier molecular flexibility index (Phi) is 5.05. The van der Waals surface area contributed by atoms with Crippen molar-refractivity contribution in [2.24, 2.45) is 4.99 Å². The predicted molar refractivity (Wildman–Crippen MR) is 85.1 cm³/mol. The van der Waals surface area contributed by atoms with Crippen LogP contribution in [0.3, 0.4) is 0 Å². The maximum atomic E-state index is 5.51. The first kappa shape index (κ1) is 15.3. The van der Waals surface area contributed by atoms with Crippen molar-refractivity contribution in [1.29, 1.82) is 0 Å². The fourth-order valence-electron chi connectivity index (χ4n) is 2.60. The molecule has 1 fully saturated rings. The molecule has 5 heteroatoms. The molecule has 0 aliphatic carbocycles. The number of aliphatic imine (C=N–C) groups is 1. The minimum Gasteiger partial charge on any atom is -0.496 e. The molecular weight excluding hydrogens is 320 g/mol. The summed E-state index contributed by atoms with van der Waals surface area (Å²) in [5, 5.41) is 0. The number of nitrogens with zero attached hydrogens (tertiary/aromatic N) is 2. The third-order valence-electron chi connectivity index (χ3n) is 3.68. The van der Waals surface area contributed by atoms with E-state index in [1.807, 2.05) is 19.1 Å². The number of hydrogen-bond acceptors (Lipinski definition) is 4. The molecule has 20 heavy (non-hydrogen) atoms. The molecule has 0 bridgehead atoms. The molecule has 0 N–H and O–H groups in total. The van der Waals surface area contributed by atoms with Crippen molar-refractivity contribution >= 4 is 21.6 Å². The number of halogens is 1. The third-order valence-corrected chi connectivity index (χ3v) is 4.31. The lowest BCUT2D eigenvalue weighted by molar-refractivity contribution is 0.320. The summed E-state index contributed by atoms with van der Waals surface area (Å²) in [4.78, 5) is 7.13. The number of likely N-dealkylation sites (tertiary alicyclic amines) is 1. The lowest BCUT2D eigenvalue weighted by Crippen LogP contribution is -2.24. The van der Waals surface area contributed by atoms with Crippen LogP contribution < -0.4 is 9.47 Å². The van der Waals surface area contributed by atoms with Crippen LogP contribution in [0.25, 0.3) is 0 Å². The second-order valence-electron chi connectivity index (χ2n) is 4.98. The van der Waals surface area contributed by atoms with Crippen LogP contribution in [0.1, 0.15) is 25.3 Å². The molecule has 1 unspecified atom stereocenters. The van der Waals surface area contributed by atoms with Gasteiger partial charge >= 0.3 is 0 Å². The zero-order valence-corrected chi connectivity index (χ0v) is 14.0. The smallest absolute Gasteiger partial charge is 0.145 e. The van der Waals surface area contributed by atoms with E-state index in [1.54, 1.807) is 14.2 Å². The van der Waals surface area contributed by atoms with E-state index in [1.165, 1.54) is 6.42 Å². The molecule has 4 nitrogen and oxygen atoms in total. The van der Waals surface area contributed by atoms with Crippen LogP contribution in [0.15, 0.2) is 21.6 Å². The molecule has 1 atom stereocenters. The molecule has 1 aliphatic heterocycles. The molecule has 0 amide bonds. The molecule has 1 aliphatic rings. The van der Waals surface area contributed by atoms with Gasteiger partial charge in [-0.2, -0.15) is 0 Å². The van der Waals surface area contributed by atoms with Gasteiger partial charge in [0.05, 0.1) is 24.3 Å². The molecule has 1 aromatic rings. The Bertz CT molecular complexity index is 517. The number of benzene rings is 1. The average Bonchev–Trinajstić information content (AvgIpc) is 2.83. The van der Waals surface area contributed by atoms with Crippen LogP contribution in [-0.4, -0.2) is 44.6 Å². The van der Waals surface area contributed by atoms with Crippen molar-refractivity contribution in [3.05, 3.63) is 22.2 Å². The fraction of sp³-hybridized carbons (Fsp3) is 0.533. The van der Waals surface area contributed by atoms with Crippen molar-refractivity contribution in [3.8, 4) is 11.5 Å². The Morgan fingerprint density at radius 2 is 2.10 bits per heavy atom. The summed E-state index contributed by atoms with van der Waals surface area (Å²) in [5.74, 6) is 1.55. The van der Waals surface area contributed by atoms with Crippen molar-refractivity contribution in [2.75, 3.05) is 27.8 Å². The topological polar surface area (TPSA) is 34.1 Å². The van der Waals surface area contributed by atoms with Gasteiger partial charge in [-0.05, 0) is 61.4 Å². The molecule has 0 radical (unpaired) electrons. The van der Waals surface area contributed by atoms with E-state index in [9.17, 15) is 0 Å². The van der Waals surface area contributed by atoms with Crippen LogP contribution in [-0.2, 0) is 0 Å². The van der Waals surface area contributed by atoms with Gasteiger partial charge in [0.2, 0.25) is 0 Å². The molecule has 1 heterocycles. The Morgan fingerprint density at radius 3 is 2.65 bits per heavy atom. The monoisotopic (exact) mass is 340 g/mol. The predicted octanol–water partition coefficient (Wildman–Crippen LogP) is 3.33. The maximum absolute atomic E-state index is 5.51. The first-order chi connectivity index (χ1) is 9.58. The van der Waals surface area contributed by atoms with Gasteiger partial charge in [-0.1, -0.05) is 0 Å². The van der Waals surface area contributed by atoms with Gasteiger partial charge in [-0.25, -0.2) is 0 Å².